The number of nitrogens with one attached hydrogen (secondary N) is 1. The second kappa shape index (κ2) is 5.37. The van der Waals surface area contributed by atoms with Gasteiger partial charge in [0, 0.05) is 12.4 Å². The van der Waals surface area contributed by atoms with Crippen LogP contribution >= 0.6 is 0 Å². The molecule has 0 amide bonds. The van der Waals surface area contributed by atoms with Gasteiger partial charge in [0.05, 0.1) is 12.9 Å². The molecule has 0 aromatic carbocycles. The molecule has 0 unspecified atom stereocenters. The number of hydrogen-bond donors (Lipinski definition) is 1. The Labute approximate surface area is 71.2 Å². The number of ether oxygens (including phenoxy) is 2. The van der Waals surface area contributed by atoms with Gasteiger partial charge in [0.2, 0.25) is 0 Å². The van der Waals surface area contributed by atoms with Gasteiger partial charge >= 0.3 is 0 Å². The van der Waals surface area contributed by atoms with Gasteiger partial charge < -0.3 is 14.5 Å². The van der Waals surface area contributed by atoms with Gasteiger partial charge in [-0.25, -0.2) is 4.98 Å². The second-order valence-electron chi connectivity index (χ2n) is 2.13. The van der Waals surface area contributed by atoms with Crippen LogP contribution in [0, 0.1) is 0 Å². The molecule has 0 aliphatic carbocycles. The maximum Gasteiger partial charge on any atom is 0.132 e. The highest BCUT2D eigenvalue weighted by Gasteiger charge is 1.92. The van der Waals surface area contributed by atoms with E-state index in [2.05, 4.69) is 16.5 Å². The number of aromatic amines is 1. The molecule has 1 heterocycles. The molecule has 1 aromatic rings. The zero-order valence-corrected chi connectivity index (χ0v) is 6.82. The summed E-state index contributed by atoms with van der Waals surface area (Å²) in [6.45, 7) is 4.99. The number of rotatable bonds is 6. The lowest BCUT2D eigenvalue weighted by atomic mass is 10.6. The number of imidazole rings is 1. The average molecular weight is 168 g/mol. The lowest BCUT2D eigenvalue weighted by Crippen LogP contribution is -2.02. The predicted molar refractivity (Wildman–Crippen MR) is 44.4 cm³/mol. The van der Waals surface area contributed by atoms with Gasteiger partial charge in [0.15, 0.2) is 0 Å². The summed E-state index contributed by atoms with van der Waals surface area (Å²) in [7, 11) is 0. The molecule has 0 saturated heterocycles. The van der Waals surface area contributed by atoms with E-state index in [1.807, 2.05) is 0 Å². The highest BCUT2D eigenvalue weighted by atomic mass is 16.5. The summed E-state index contributed by atoms with van der Waals surface area (Å²) in [6.07, 6.45) is 4.86. The molecule has 4 heteroatoms. The monoisotopic (exact) mass is 168 g/mol. The molecular weight excluding hydrogens is 156 g/mol. The summed E-state index contributed by atoms with van der Waals surface area (Å²) < 4.78 is 10.1. The van der Waals surface area contributed by atoms with E-state index in [1.165, 1.54) is 6.26 Å². The van der Waals surface area contributed by atoms with Crippen molar-refractivity contribution in [3.63, 3.8) is 0 Å². The highest BCUT2D eigenvalue weighted by molar-refractivity contribution is 4.83. The molecule has 0 bridgehead atoms. The van der Waals surface area contributed by atoms with E-state index < -0.39 is 0 Å². The number of H-pyrrole nitrogens is 1. The van der Waals surface area contributed by atoms with Crippen LogP contribution in [0.15, 0.2) is 25.2 Å². The van der Waals surface area contributed by atoms with Crippen LogP contribution in [0.4, 0.5) is 0 Å². The first-order valence-electron chi connectivity index (χ1n) is 3.72. The smallest absolute Gasteiger partial charge is 0.132 e. The molecule has 1 aromatic heterocycles. The Morgan fingerprint density at radius 2 is 2.50 bits per heavy atom. The number of nitrogens with zero attached hydrogens (tertiary/aromatic N) is 1. The molecule has 1 N–H and O–H groups in total. The van der Waals surface area contributed by atoms with E-state index in [0.717, 1.165) is 5.82 Å². The van der Waals surface area contributed by atoms with E-state index in [9.17, 15) is 0 Å². The summed E-state index contributed by atoms with van der Waals surface area (Å²) >= 11 is 0. The Bertz CT molecular complexity index is 209. The van der Waals surface area contributed by atoms with Gasteiger partial charge in [-0.3, -0.25) is 0 Å². The van der Waals surface area contributed by atoms with Crippen LogP contribution in [0.3, 0.4) is 0 Å². The third kappa shape index (κ3) is 3.21. The summed E-state index contributed by atoms with van der Waals surface area (Å²) in [5, 5.41) is 0. The van der Waals surface area contributed by atoms with Crippen LogP contribution in [0.2, 0.25) is 0 Å². The third-order valence-electron chi connectivity index (χ3n) is 1.26. The standard InChI is InChI=1S/C8H12N2O2/c1-2-11-5-6-12-7-8-9-3-4-10-8/h2-4H,1,5-7H2,(H,9,10). The van der Waals surface area contributed by atoms with Crippen molar-refractivity contribution in [1.82, 2.24) is 9.97 Å². The molecule has 0 saturated carbocycles. The zero-order chi connectivity index (χ0) is 8.65. The first kappa shape index (κ1) is 8.80. The molecule has 0 fully saturated rings. The molecule has 0 radical (unpaired) electrons. The Hall–Kier alpha value is -1.29. The van der Waals surface area contributed by atoms with Gasteiger partial charge in [-0.1, -0.05) is 6.58 Å². The average Bonchev–Trinajstić information content (AvgIpc) is 2.57. The van der Waals surface area contributed by atoms with E-state index >= 15 is 0 Å². The van der Waals surface area contributed by atoms with E-state index in [4.69, 9.17) is 9.47 Å². The Morgan fingerprint density at radius 3 is 3.17 bits per heavy atom. The summed E-state index contributed by atoms with van der Waals surface area (Å²) in [5.74, 6) is 0.827. The Kier molecular flexibility index (Phi) is 3.94. The maximum absolute atomic E-state index is 5.21. The molecule has 12 heavy (non-hydrogen) atoms. The fourth-order valence-corrected chi connectivity index (χ4v) is 0.736. The van der Waals surface area contributed by atoms with Crippen LogP contribution in [-0.4, -0.2) is 23.2 Å². The van der Waals surface area contributed by atoms with E-state index in [1.54, 1.807) is 12.4 Å². The second-order valence-corrected chi connectivity index (χ2v) is 2.13. The van der Waals surface area contributed by atoms with Crippen LogP contribution in [0.1, 0.15) is 5.82 Å². The van der Waals surface area contributed by atoms with Gasteiger partial charge in [-0.15, -0.1) is 0 Å². The van der Waals surface area contributed by atoms with Crippen molar-refractivity contribution in [2.75, 3.05) is 13.2 Å². The minimum absolute atomic E-state index is 0.494. The molecule has 0 aliphatic rings. The lowest BCUT2D eigenvalue weighted by molar-refractivity contribution is 0.0718. The minimum Gasteiger partial charge on any atom is -0.499 e. The topological polar surface area (TPSA) is 47.1 Å². The molecule has 0 aliphatic heterocycles. The Morgan fingerprint density at radius 1 is 1.58 bits per heavy atom. The van der Waals surface area contributed by atoms with Gasteiger partial charge in [0.1, 0.15) is 19.0 Å². The first-order valence-corrected chi connectivity index (χ1v) is 3.72. The normalized spacial score (nSPS) is 9.67. The highest BCUT2D eigenvalue weighted by Crippen LogP contribution is 1.91. The van der Waals surface area contributed by atoms with Crippen molar-refractivity contribution >= 4 is 0 Å². The van der Waals surface area contributed by atoms with Crippen LogP contribution in [-0.2, 0) is 16.1 Å². The molecule has 1 rings (SSSR count). The van der Waals surface area contributed by atoms with Crippen molar-refractivity contribution in [3.05, 3.63) is 31.1 Å². The Balaban J connectivity index is 2.00. The summed E-state index contributed by atoms with van der Waals surface area (Å²) in [4.78, 5) is 6.92. The molecule has 66 valence electrons. The van der Waals surface area contributed by atoms with Crippen molar-refractivity contribution < 1.29 is 9.47 Å². The summed E-state index contributed by atoms with van der Waals surface area (Å²) in [5.41, 5.74) is 0. The molecule has 0 spiro atoms. The van der Waals surface area contributed by atoms with Crippen LogP contribution < -0.4 is 0 Å². The van der Waals surface area contributed by atoms with Crippen molar-refractivity contribution in [1.29, 1.82) is 0 Å². The van der Waals surface area contributed by atoms with E-state index in [-0.39, 0.29) is 0 Å². The molecular formula is C8H12N2O2. The van der Waals surface area contributed by atoms with Gasteiger partial charge in [0.25, 0.3) is 0 Å². The van der Waals surface area contributed by atoms with Crippen LogP contribution in [0.25, 0.3) is 0 Å². The largest absolute Gasteiger partial charge is 0.499 e. The summed E-state index contributed by atoms with van der Waals surface area (Å²) in [6, 6.07) is 0. The van der Waals surface area contributed by atoms with Crippen molar-refractivity contribution in [2.45, 2.75) is 6.61 Å². The fourth-order valence-electron chi connectivity index (χ4n) is 0.736. The van der Waals surface area contributed by atoms with Crippen molar-refractivity contribution in [3.8, 4) is 0 Å². The predicted octanol–water partition coefficient (Wildman–Crippen LogP) is 1.09. The SMILES string of the molecule is C=COCCOCc1ncc[nH]1. The fraction of sp³-hybridized carbons (Fsp3) is 0.375. The molecule has 4 nitrogen and oxygen atoms in total. The quantitative estimate of drug-likeness (QED) is 0.511. The first-order chi connectivity index (χ1) is 5.93. The third-order valence-corrected chi connectivity index (χ3v) is 1.26. The number of hydrogen-bond acceptors (Lipinski definition) is 3. The lowest BCUT2D eigenvalue weighted by Gasteiger charge is -2.00. The van der Waals surface area contributed by atoms with E-state index in [0.29, 0.717) is 19.8 Å². The van der Waals surface area contributed by atoms with Crippen LogP contribution in [0.5, 0.6) is 0 Å². The van der Waals surface area contributed by atoms with Crippen molar-refractivity contribution in [2.24, 2.45) is 0 Å². The zero-order valence-electron chi connectivity index (χ0n) is 6.82. The minimum atomic E-state index is 0.494. The van der Waals surface area contributed by atoms with Gasteiger partial charge in [-0.05, 0) is 0 Å². The number of aromatic nitrogens is 2. The molecule has 0 atom stereocenters. The maximum atomic E-state index is 5.21. The van der Waals surface area contributed by atoms with Gasteiger partial charge in [-0.2, -0.15) is 0 Å².